The van der Waals surface area contributed by atoms with Crippen LogP contribution in [0, 0.1) is 0 Å². The zero-order valence-electron chi connectivity index (χ0n) is 11.3. The topological polar surface area (TPSA) is 41.3 Å². The molecule has 0 aliphatic rings. The van der Waals surface area contributed by atoms with Gasteiger partial charge >= 0.3 is 0 Å². The number of hydrogen-bond acceptors (Lipinski definition) is 3. The first-order valence-corrected chi connectivity index (χ1v) is 6.93. The van der Waals surface area contributed by atoms with Crippen molar-refractivity contribution in [3.63, 3.8) is 0 Å². The Hall–Kier alpha value is -1.33. The van der Waals surface area contributed by atoms with Gasteiger partial charge in [-0.1, -0.05) is 22.0 Å². The molecule has 4 nitrogen and oxygen atoms in total. The smallest absolute Gasteiger partial charge is 0.0772 e. The third kappa shape index (κ3) is 3.36. The molecule has 0 radical (unpaired) electrons. The first-order chi connectivity index (χ1) is 8.97. The van der Waals surface area contributed by atoms with E-state index < -0.39 is 6.10 Å². The number of halogens is 1. The summed E-state index contributed by atoms with van der Waals surface area (Å²) in [5, 5.41) is 13.8. The number of aryl methyl sites for hydroxylation is 1. The number of anilines is 1. The molecule has 1 N–H and O–H groups in total. The molecule has 1 heterocycles. The van der Waals surface area contributed by atoms with Crippen molar-refractivity contribution in [1.82, 2.24) is 9.78 Å². The maximum Gasteiger partial charge on any atom is 0.0772 e. The van der Waals surface area contributed by atoms with Gasteiger partial charge in [0.2, 0.25) is 0 Å². The van der Waals surface area contributed by atoms with Crippen molar-refractivity contribution in [3.05, 3.63) is 46.2 Å². The summed E-state index contributed by atoms with van der Waals surface area (Å²) in [6, 6.07) is 5.99. The molecule has 1 atom stereocenters. The summed E-state index contributed by atoms with van der Waals surface area (Å²) < 4.78 is 2.73. The van der Waals surface area contributed by atoms with Crippen molar-refractivity contribution in [2.45, 2.75) is 19.6 Å². The summed E-state index contributed by atoms with van der Waals surface area (Å²) in [5.41, 5.74) is 3.17. The molecule has 19 heavy (non-hydrogen) atoms. The van der Waals surface area contributed by atoms with Gasteiger partial charge < -0.3 is 10.0 Å². The van der Waals surface area contributed by atoms with E-state index in [1.165, 1.54) is 5.56 Å². The van der Waals surface area contributed by atoms with E-state index in [0.717, 1.165) is 22.3 Å². The van der Waals surface area contributed by atoms with E-state index >= 15 is 0 Å². The van der Waals surface area contributed by atoms with E-state index in [2.05, 4.69) is 25.9 Å². The first-order valence-electron chi connectivity index (χ1n) is 6.13. The van der Waals surface area contributed by atoms with Gasteiger partial charge in [0.1, 0.15) is 0 Å². The van der Waals surface area contributed by atoms with Gasteiger partial charge in [0.15, 0.2) is 0 Å². The van der Waals surface area contributed by atoms with Crippen LogP contribution < -0.4 is 4.90 Å². The second-order valence-corrected chi connectivity index (χ2v) is 5.61. The fourth-order valence-corrected chi connectivity index (χ4v) is 2.71. The average molecular weight is 324 g/mol. The van der Waals surface area contributed by atoms with Crippen LogP contribution in [-0.4, -0.2) is 21.9 Å². The fourth-order valence-electron chi connectivity index (χ4n) is 2.01. The zero-order chi connectivity index (χ0) is 14.0. The molecule has 1 aromatic carbocycles. The fraction of sp³-hybridized carbons (Fsp3) is 0.357. The number of aliphatic hydroxyl groups is 1. The Balaban J connectivity index is 2.15. The van der Waals surface area contributed by atoms with Crippen molar-refractivity contribution in [2.24, 2.45) is 7.05 Å². The van der Waals surface area contributed by atoms with E-state index in [0.29, 0.717) is 0 Å². The van der Waals surface area contributed by atoms with Gasteiger partial charge in [-0.25, -0.2) is 0 Å². The van der Waals surface area contributed by atoms with Crippen LogP contribution in [0.4, 0.5) is 5.69 Å². The second kappa shape index (κ2) is 5.75. The Morgan fingerprint density at radius 1 is 1.47 bits per heavy atom. The van der Waals surface area contributed by atoms with Crippen LogP contribution in [0.3, 0.4) is 0 Å². The number of hydrogen-bond donors (Lipinski definition) is 1. The lowest BCUT2D eigenvalue weighted by Crippen LogP contribution is -2.16. The Morgan fingerprint density at radius 2 is 2.21 bits per heavy atom. The second-order valence-electron chi connectivity index (χ2n) is 4.76. The van der Waals surface area contributed by atoms with E-state index in [9.17, 15) is 5.11 Å². The number of benzene rings is 1. The van der Waals surface area contributed by atoms with Gasteiger partial charge in [0, 0.05) is 42.6 Å². The molecule has 1 unspecified atom stereocenters. The zero-order valence-corrected chi connectivity index (χ0v) is 12.9. The molecular formula is C14H18BrN3O. The number of rotatable bonds is 4. The summed E-state index contributed by atoms with van der Waals surface area (Å²) in [7, 11) is 3.95. The predicted molar refractivity (Wildman–Crippen MR) is 80.1 cm³/mol. The Kier molecular flexibility index (Phi) is 4.27. The van der Waals surface area contributed by atoms with Crippen LogP contribution in [0.1, 0.15) is 24.2 Å². The molecule has 0 aliphatic heterocycles. The van der Waals surface area contributed by atoms with E-state index in [1.54, 1.807) is 11.6 Å². The minimum absolute atomic E-state index is 0.466. The lowest BCUT2D eigenvalue weighted by Gasteiger charge is -2.20. The van der Waals surface area contributed by atoms with Crippen LogP contribution in [0.2, 0.25) is 0 Å². The summed E-state index contributed by atoms with van der Waals surface area (Å²) in [6.45, 7) is 2.56. The van der Waals surface area contributed by atoms with Gasteiger partial charge in [-0.3, -0.25) is 4.68 Å². The van der Waals surface area contributed by atoms with E-state index in [-0.39, 0.29) is 0 Å². The number of nitrogens with zero attached hydrogens (tertiary/aromatic N) is 3. The van der Waals surface area contributed by atoms with Crippen LogP contribution in [-0.2, 0) is 13.6 Å². The third-order valence-electron chi connectivity index (χ3n) is 3.05. The number of aromatic nitrogens is 2. The molecule has 0 amide bonds. The molecule has 0 spiro atoms. The number of aliphatic hydroxyl groups excluding tert-OH is 1. The van der Waals surface area contributed by atoms with Gasteiger partial charge in [0.25, 0.3) is 0 Å². The highest BCUT2D eigenvalue weighted by atomic mass is 79.9. The molecule has 0 aliphatic carbocycles. The molecule has 0 fully saturated rings. The standard InChI is InChI=1S/C14H18BrN3O/c1-10(19)13-5-4-12(6-14(13)15)17(2)8-11-7-16-18(3)9-11/h4-7,9-10,19H,8H2,1-3H3. The SMILES string of the molecule is CC(O)c1ccc(N(C)Cc2cnn(C)c2)cc1Br. The molecule has 102 valence electrons. The maximum absolute atomic E-state index is 9.62. The summed E-state index contributed by atoms with van der Waals surface area (Å²) in [4.78, 5) is 2.15. The van der Waals surface area contributed by atoms with Crippen molar-refractivity contribution in [1.29, 1.82) is 0 Å². The minimum atomic E-state index is -0.466. The lowest BCUT2D eigenvalue weighted by molar-refractivity contribution is 0.198. The Labute approximate surface area is 121 Å². The molecule has 2 rings (SSSR count). The van der Waals surface area contributed by atoms with Gasteiger partial charge in [-0.15, -0.1) is 0 Å². The first kappa shape index (κ1) is 14.1. The highest BCUT2D eigenvalue weighted by Crippen LogP contribution is 2.28. The van der Waals surface area contributed by atoms with Crippen molar-refractivity contribution < 1.29 is 5.11 Å². The molecule has 0 saturated heterocycles. The van der Waals surface area contributed by atoms with Crippen molar-refractivity contribution in [2.75, 3.05) is 11.9 Å². The van der Waals surface area contributed by atoms with E-state index in [1.807, 2.05) is 44.7 Å². The molecule has 0 saturated carbocycles. The average Bonchev–Trinajstić information content (AvgIpc) is 2.74. The van der Waals surface area contributed by atoms with Crippen LogP contribution in [0.25, 0.3) is 0 Å². The van der Waals surface area contributed by atoms with Gasteiger partial charge in [0.05, 0.1) is 12.3 Å². The van der Waals surface area contributed by atoms with Crippen LogP contribution >= 0.6 is 15.9 Å². The predicted octanol–water partition coefficient (Wildman–Crippen LogP) is 2.87. The Morgan fingerprint density at radius 3 is 2.74 bits per heavy atom. The van der Waals surface area contributed by atoms with Crippen LogP contribution in [0.15, 0.2) is 35.1 Å². The minimum Gasteiger partial charge on any atom is -0.389 e. The molecule has 2 aromatic rings. The van der Waals surface area contributed by atoms with Crippen molar-refractivity contribution in [3.8, 4) is 0 Å². The molecule has 1 aromatic heterocycles. The lowest BCUT2D eigenvalue weighted by atomic mass is 10.1. The Bertz CT molecular complexity index is 566. The van der Waals surface area contributed by atoms with Crippen molar-refractivity contribution >= 4 is 21.6 Å². The van der Waals surface area contributed by atoms with Crippen LogP contribution in [0.5, 0.6) is 0 Å². The summed E-state index contributed by atoms with van der Waals surface area (Å²) >= 11 is 3.50. The molecule has 5 heteroatoms. The molecular weight excluding hydrogens is 306 g/mol. The highest BCUT2D eigenvalue weighted by Gasteiger charge is 2.09. The monoisotopic (exact) mass is 323 g/mol. The summed E-state index contributed by atoms with van der Waals surface area (Å²) in [6.07, 6.45) is 3.41. The quantitative estimate of drug-likeness (QED) is 0.940. The normalized spacial score (nSPS) is 12.5. The largest absolute Gasteiger partial charge is 0.389 e. The highest BCUT2D eigenvalue weighted by molar-refractivity contribution is 9.10. The third-order valence-corrected chi connectivity index (χ3v) is 3.74. The maximum atomic E-state index is 9.62. The van der Waals surface area contributed by atoms with Gasteiger partial charge in [-0.2, -0.15) is 5.10 Å². The van der Waals surface area contributed by atoms with E-state index in [4.69, 9.17) is 0 Å². The van der Waals surface area contributed by atoms with Gasteiger partial charge in [-0.05, 0) is 24.6 Å². The molecule has 0 bridgehead atoms. The summed E-state index contributed by atoms with van der Waals surface area (Å²) in [5.74, 6) is 0.